The van der Waals surface area contributed by atoms with E-state index < -0.39 is 11.1 Å². The van der Waals surface area contributed by atoms with Crippen LogP contribution in [0.1, 0.15) is 36.1 Å². The van der Waals surface area contributed by atoms with Gasteiger partial charge in [-0.05, 0) is 36.1 Å². The van der Waals surface area contributed by atoms with Crippen LogP contribution in [0.2, 0.25) is 0 Å². The fraction of sp³-hybridized carbons (Fsp3) is 0.182. The fourth-order valence-electron chi connectivity index (χ4n) is 4.07. The maximum atomic E-state index is 13.7. The van der Waals surface area contributed by atoms with Gasteiger partial charge >= 0.3 is 0 Å². The van der Waals surface area contributed by atoms with Crippen LogP contribution in [0.25, 0.3) is 0 Å². The van der Waals surface area contributed by atoms with Gasteiger partial charge in [-0.2, -0.15) is 0 Å². The molecule has 24 heavy (non-hydrogen) atoms. The van der Waals surface area contributed by atoms with Crippen molar-refractivity contribution in [2.75, 3.05) is 0 Å². The van der Waals surface area contributed by atoms with Crippen LogP contribution in [0.15, 0.2) is 84.9 Å². The second-order valence-electron chi connectivity index (χ2n) is 6.72. The second kappa shape index (κ2) is 5.30. The number of hydrogen-bond donors (Lipinski definition) is 0. The molecule has 2 heteroatoms. The van der Waals surface area contributed by atoms with Gasteiger partial charge in [0, 0.05) is 0 Å². The quantitative estimate of drug-likeness (QED) is 0.661. The normalized spacial score (nSPS) is 26.3. The maximum Gasteiger partial charge on any atom is 0.0980 e. The van der Waals surface area contributed by atoms with Crippen LogP contribution < -0.4 is 0 Å². The van der Waals surface area contributed by atoms with E-state index in [4.69, 9.17) is 0 Å². The third-order valence-electron chi connectivity index (χ3n) is 5.46. The number of benzene rings is 3. The molecule has 0 saturated heterocycles. The highest BCUT2D eigenvalue weighted by Gasteiger charge is 2.56. The van der Waals surface area contributed by atoms with Crippen molar-refractivity contribution >= 4 is 0 Å². The van der Waals surface area contributed by atoms with Crippen LogP contribution in [-0.4, -0.2) is 5.06 Å². The average Bonchev–Trinajstić information content (AvgIpc) is 2.84. The Kier molecular flexibility index (Phi) is 3.34. The molecule has 0 bridgehead atoms. The predicted molar refractivity (Wildman–Crippen MR) is 94.8 cm³/mol. The van der Waals surface area contributed by atoms with Crippen LogP contribution in [0.5, 0.6) is 0 Å². The number of hydroxylamine groups is 2. The first-order valence-electron chi connectivity index (χ1n) is 8.28. The molecule has 1 heterocycles. The third-order valence-corrected chi connectivity index (χ3v) is 5.46. The Morgan fingerprint density at radius 2 is 0.917 bits per heavy atom. The van der Waals surface area contributed by atoms with Crippen molar-refractivity contribution in [1.29, 1.82) is 0 Å². The molecule has 0 unspecified atom stereocenters. The number of fused-ring (bicyclic) bond motifs is 1. The van der Waals surface area contributed by atoms with Crippen LogP contribution in [-0.2, 0) is 16.3 Å². The number of rotatable bonds is 2. The molecule has 0 aliphatic carbocycles. The molecule has 4 rings (SSSR count). The van der Waals surface area contributed by atoms with Crippen molar-refractivity contribution in [2.45, 2.75) is 24.9 Å². The van der Waals surface area contributed by atoms with E-state index in [0.29, 0.717) is 0 Å². The van der Waals surface area contributed by atoms with Crippen LogP contribution in [0.3, 0.4) is 0 Å². The van der Waals surface area contributed by atoms with Gasteiger partial charge in [-0.15, -0.1) is 10.3 Å². The van der Waals surface area contributed by atoms with Crippen molar-refractivity contribution in [3.8, 4) is 0 Å². The van der Waals surface area contributed by atoms with E-state index in [1.54, 1.807) is 0 Å². The Morgan fingerprint density at radius 3 is 1.29 bits per heavy atom. The van der Waals surface area contributed by atoms with Gasteiger partial charge in [0.1, 0.15) is 0 Å². The first-order chi connectivity index (χ1) is 11.6. The Labute approximate surface area is 143 Å². The van der Waals surface area contributed by atoms with Gasteiger partial charge < -0.3 is 0 Å². The van der Waals surface area contributed by atoms with Crippen molar-refractivity contribution in [3.63, 3.8) is 0 Å². The van der Waals surface area contributed by atoms with Crippen molar-refractivity contribution in [1.82, 2.24) is 5.06 Å². The molecule has 3 aromatic rings. The Morgan fingerprint density at radius 1 is 0.583 bits per heavy atom. The van der Waals surface area contributed by atoms with Gasteiger partial charge in [-0.3, -0.25) is 0 Å². The molecule has 0 fully saturated rings. The van der Waals surface area contributed by atoms with Gasteiger partial charge in [0.15, 0.2) is 0 Å². The summed E-state index contributed by atoms with van der Waals surface area (Å²) in [7, 11) is 0. The van der Waals surface area contributed by atoms with Crippen molar-refractivity contribution in [3.05, 3.63) is 107 Å². The highest BCUT2D eigenvalue weighted by Crippen LogP contribution is 2.54. The van der Waals surface area contributed by atoms with Crippen LogP contribution in [0.4, 0.5) is 0 Å². The molecule has 0 aromatic heterocycles. The number of nitrogens with zero attached hydrogens (tertiary/aromatic N) is 1. The molecular formula is C22H20NO. The standard InChI is InChI=1S/C22H20NO/c1-21(17-11-5-3-6-12-17)19-15-9-10-16-20(19)22(2,23(21)24)18-13-7-4-8-14-18/h3-16H,1-2H3/t21-,22-/m0/s1. The summed E-state index contributed by atoms with van der Waals surface area (Å²) in [6.07, 6.45) is 0. The Hall–Kier alpha value is -2.42. The first kappa shape index (κ1) is 15.1. The minimum Gasteiger partial charge on any atom is -0.126 e. The smallest absolute Gasteiger partial charge is 0.0980 e. The lowest BCUT2D eigenvalue weighted by molar-refractivity contribution is -0.253. The molecule has 2 atom stereocenters. The zero-order valence-corrected chi connectivity index (χ0v) is 13.9. The molecule has 1 aliphatic rings. The predicted octanol–water partition coefficient (Wildman–Crippen LogP) is 4.87. The van der Waals surface area contributed by atoms with Crippen LogP contribution >= 0.6 is 0 Å². The lowest BCUT2D eigenvalue weighted by Crippen LogP contribution is -2.46. The molecule has 0 saturated carbocycles. The van der Waals surface area contributed by atoms with E-state index in [1.807, 2.05) is 86.6 Å². The molecular weight excluding hydrogens is 294 g/mol. The summed E-state index contributed by atoms with van der Waals surface area (Å²) >= 11 is 0. The summed E-state index contributed by atoms with van der Waals surface area (Å²) in [5.74, 6) is 0. The van der Waals surface area contributed by atoms with Gasteiger partial charge in [-0.1, -0.05) is 84.9 Å². The summed E-state index contributed by atoms with van der Waals surface area (Å²) in [6, 6.07) is 28.3. The molecule has 0 N–H and O–H groups in total. The van der Waals surface area contributed by atoms with Gasteiger partial charge in [0.2, 0.25) is 0 Å². The monoisotopic (exact) mass is 314 g/mol. The van der Waals surface area contributed by atoms with Gasteiger partial charge in [0.25, 0.3) is 0 Å². The molecule has 0 spiro atoms. The SMILES string of the molecule is C[C@]1(c2ccccc2)c2ccccc2[C@](C)(c2ccccc2)N1[O]. The molecule has 1 aliphatic heterocycles. The van der Waals surface area contributed by atoms with Crippen molar-refractivity contribution in [2.24, 2.45) is 0 Å². The minimum absolute atomic E-state index is 0.706. The number of hydrogen-bond acceptors (Lipinski definition) is 1. The van der Waals surface area contributed by atoms with Gasteiger partial charge in [-0.25, -0.2) is 0 Å². The lowest BCUT2D eigenvalue weighted by atomic mass is 9.83. The van der Waals surface area contributed by atoms with E-state index in [-0.39, 0.29) is 0 Å². The van der Waals surface area contributed by atoms with E-state index in [0.717, 1.165) is 22.3 Å². The van der Waals surface area contributed by atoms with E-state index >= 15 is 0 Å². The highest BCUT2D eigenvalue weighted by molar-refractivity contribution is 5.54. The largest absolute Gasteiger partial charge is 0.126 e. The highest BCUT2D eigenvalue weighted by atomic mass is 16.5. The third kappa shape index (κ3) is 1.84. The summed E-state index contributed by atoms with van der Waals surface area (Å²) < 4.78 is 0. The second-order valence-corrected chi connectivity index (χ2v) is 6.72. The van der Waals surface area contributed by atoms with Crippen LogP contribution in [0, 0.1) is 0 Å². The molecule has 0 amide bonds. The Bertz CT molecular complexity index is 789. The van der Waals surface area contributed by atoms with E-state index in [1.165, 1.54) is 5.06 Å². The van der Waals surface area contributed by atoms with E-state index in [2.05, 4.69) is 12.1 Å². The van der Waals surface area contributed by atoms with E-state index in [9.17, 15) is 5.21 Å². The zero-order valence-electron chi connectivity index (χ0n) is 13.9. The lowest BCUT2D eigenvalue weighted by Gasteiger charge is -2.38. The zero-order chi connectivity index (χ0) is 16.8. The summed E-state index contributed by atoms with van der Waals surface area (Å²) in [6.45, 7) is 4.06. The summed E-state index contributed by atoms with van der Waals surface area (Å²) in [4.78, 5) is 0. The minimum atomic E-state index is -0.706. The van der Waals surface area contributed by atoms with Crippen molar-refractivity contribution < 1.29 is 5.21 Å². The Balaban J connectivity index is 2.01. The fourth-order valence-corrected chi connectivity index (χ4v) is 4.07. The summed E-state index contributed by atoms with van der Waals surface area (Å²) in [5.41, 5.74) is 2.79. The molecule has 119 valence electrons. The molecule has 2 nitrogen and oxygen atoms in total. The topological polar surface area (TPSA) is 23.1 Å². The first-order valence-corrected chi connectivity index (χ1v) is 8.28. The average molecular weight is 314 g/mol. The molecule has 3 aromatic carbocycles. The maximum absolute atomic E-state index is 13.7. The van der Waals surface area contributed by atoms with Gasteiger partial charge in [0.05, 0.1) is 11.1 Å². The summed E-state index contributed by atoms with van der Waals surface area (Å²) in [5, 5.41) is 15.0. The molecule has 1 radical (unpaired) electrons.